The maximum Gasteiger partial charge on any atom is 0.146 e. The van der Waals surface area contributed by atoms with E-state index in [1.54, 1.807) is 18.4 Å². The van der Waals surface area contributed by atoms with E-state index in [-0.39, 0.29) is 5.41 Å². The third-order valence-corrected chi connectivity index (χ3v) is 4.20. The number of thiophene rings is 1. The molecule has 0 bridgehead atoms. The molecule has 68 valence electrons. The highest BCUT2D eigenvalue weighted by Gasteiger charge is 2.22. The van der Waals surface area contributed by atoms with Gasteiger partial charge in [-0.05, 0) is 28.0 Å². The second-order valence-corrected chi connectivity index (χ2v) is 5.74. The number of rotatable bonds is 1. The summed E-state index contributed by atoms with van der Waals surface area (Å²) in [7, 11) is 1.74. The van der Waals surface area contributed by atoms with Gasteiger partial charge in [0.15, 0.2) is 0 Å². The Balaban J connectivity index is 3.16. The molecular formula is C9H13IOS. The van der Waals surface area contributed by atoms with Gasteiger partial charge in [0.05, 0.1) is 15.6 Å². The Bertz CT molecular complexity index is 273. The highest BCUT2D eigenvalue weighted by atomic mass is 127. The maximum absolute atomic E-state index is 5.35. The van der Waals surface area contributed by atoms with Crippen molar-refractivity contribution in [3.8, 4) is 5.75 Å². The first-order valence-corrected chi connectivity index (χ1v) is 5.74. The van der Waals surface area contributed by atoms with Crippen molar-refractivity contribution in [1.29, 1.82) is 0 Å². The van der Waals surface area contributed by atoms with E-state index in [4.69, 9.17) is 4.74 Å². The minimum Gasteiger partial charge on any atom is -0.494 e. The molecule has 0 aliphatic rings. The van der Waals surface area contributed by atoms with E-state index in [1.165, 1.54) is 8.45 Å². The molecule has 0 amide bonds. The van der Waals surface area contributed by atoms with E-state index in [2.05, 4.69) is 48.7 Å². The smallest absolute Gasteiger partial charge is 0.146 e. The zero-order chi connectivity index (χ0) is 9.35. The zero-order valence-corrected chi connectivity index (χ0v) is 10.7. The molecule has 12 heavy (non-hydrogen) atoms. The molecule has 0 N–H and O–H groups in total. The molecule has 0 saturated heterocycles. The molecule has 1 heterocycles. The summed E-state index contributed by atoms with van der Waals surface area (Å²) in [5.74, 6) is 1.05. The van der Waals surface area contributed by atoms with E-state index in [0.29, 0.717) is 0 Å². The SMILES string of the molecule is COc1c(I)csc1C(C)(C)C. The molecule has 0 spiro atoms. The lowest BCUT2D eigenvalue weighted by molar-refractivity contribution is 0.399. The van der Waals surface area contributed by atoms with Gasteiger partial charge in [-0.3, -0.25) is 0 Å². The summed E-state index contributed by atoms with van der Waals surface area (Å²) in [5, 5.41) is 2.14. The van der Waals surface area contributed by atoms with Gasteiger partial charge in [0.2, 0.25) is 0 Å². The van der Waals surface area contributed by atoms with Crippen LogP contribution in [0.25, 0.3) is 0 Å². The molecule has 1 aromatic rings. The zero-order valence-electron chi connectivity index (χ0n) is 7.77. The summed E-state index contributed by atoms with van der Waals surface area (Å²) >= 11 is 4.08. The molecule has 0 unspecified atom stereocenters. The van der Waals surface area contributed by atoms with Gasteiger partial charge in [0.1, 0.15) is 5.75 Å². The van der Waals surface area contributed by atoms with Crippen LogP contribution in [0.15, 0.2) is 5.38 Å². The van der Waals surface area contributed by atoms with Gasteiger partial charge in [0.25, 0.3) is 0 Å². The monoisotopic (exact) mass is 296 g/mol. The van der Waals surface area contributed by atoms with E-state index in [9.17, 15) is 0 Å². The Kier molecular flexibility index (Phi) is 3.04. The van der Waals surface area contributed by atoms with E-state index < -0.39 is 0 Å². The minimum absolute atomic E-state index is 0.194. The summed E-state index contributed by atoms with van der Waals surface area (Å²) in [6, 6.07) is 0. The molecular weight excluding hydrogens is 283 g/mol. The second kappa shape index (κ2) is 3.54. The van der Waals surface area contributed by atoms with E-state index in [1.807, 2.05) is 0 Å². The van der Waals surface area contributed by atoms with Crippen LogP contribution in [-0.2, 0) is 5.41 Å². The first kappa shape index (κ1) is 10.3. The molecule has 1 rings (SSSR count). The standard InChI is InChI=1S/C9H13IOS/c1-9(2,3)8-7(11-4)6(10)5-12-8/h5H,1-4H3. The van der Waals surface area contributed by atoms with Crippen LogP contribution in [0.4, 0.5) is 0 Å². The lowest BCUT2D eigenvalue weighted by atomic mass is 9.94. The average molecular weight is 296 g/mol. The van der Waals surface area contributed by atoms with Crippen LogP contribution in [0, 0.1) is 3.57 Å². The van der Waals surface area contributed by atoms with Crippen molar-refractivity contribution in [3.63, 3.8) is 0 Å². The fourth-order valence-electron chi connectivity index (χ4n) is 1.03. The molecule has 1 aromatic heterocycles. The van der Waals surface area contributed by atoms with Crippen molar-refractivity contribution < 1.29 is 4.74 Å². The Labute approximate surface area is 91.3 Å². The lowest BCUT2D eigenvalue weighted by Gasteiger charge is -2.17. The van der Waals surface area contributed by atoms with Gasteiger partial charge in [-0.25, -0.2) is 0 Å². The van der Waals surface area contributed by atoms with Gasteiger partial charge in [0, 0.05) is 5.38 Å². The Morgan fingerprint density at radius 3 is 2.33 bits per heavy atom. The van der Waals surface area contributed by atoms with Crippen molar-refractivity contribution in [2.75, 3.05) is 7.11 Å². The Hall–Kier alpha value is 0.230. The van der Waals surface area contributed by atoms with Crippen molar-refractivity contribution in [2.24, 2.45) is 0 Å². The summed E-state index contributed by atoms with van der Waals surface area (Å²) in [6.07, 6.45) is 0. The van der Waals surface area contributed by atoms with Gasteiger partial charge in [-0.2, -0.15) is 0 Å². The van der Waals surface area contributed by atoms with Crippen LogP contribution < -0.4 is 4.74 Å². The molecule has 0 aliphatic carbocycles. The number of hydrogen-bond acceptors (Lipinski definition) is 2. The summed E-state index contributed by atoms with van der Waals surface area (Å²) < 4.78 is 6.56. The third-order valence-electron chi connectivity index (χ3n) is 1.59. The second-order valence-electron chi connectivity index (χ2n) is 3.70. The molecule has 3 heteroatoms. The van der Waals surface area contributed by atoms with Crippen LogP contribution in [0.3, 0.4) is 0 Å². The average Bonchev–Trinajstić information content (AvgIpc) is 2.29. The minimum atomic E-state index is 0.194. The maximum atomic E-state index is 5.35. The van der Waals surface area contributed by atoms with Crippen LogP contribution in [-0.4, -0.2) is 7.11 Å². The first-order chi connectivity index (χ1) is 5.46. The highest BCUT2D eigenvalue weighted by molar-refractivity contribution is 14.1. The summed E-state index contributed by atoms with van der Waals surface area (Å²) in [6.45, 7) is 6.62. The largest absolute Gasteiger partial charge is 0.494 e. The van der Waals surface area contributed by atoms with Crippen molar-refractivity contribution in [2.45, 2.75) is 26.2 Å². The highest BCUT2D eigenvalue weighted by Crippen LogP contribution is 2.39. The van der Waals surface area contributed by atoms with Crippen LogP contribution >= 0.6 is 33.9 Å². The Morgan fingerprint density at radius 1 is 1.42 bits per heavy atom. The fourth-order valence-corrected chi connectivity index (χ4v) is 3.07. The van der Waals surface area contributed by atoms with Crippen LogP contribution in [0.1, 0.15) is 25.6 Å². The predicted molar refractivity (Wildman–Crippen MR) is 62.3 cm³/mol. The first-order valence-electron chi connectivity index (χ1n) is 3.78. The molecule has 0 radical (unpaired) electrons. The summed E-state index contributed by atoms with van der Waals surface area (Å²) in [4.78, 5) is 1.33. The quantitative estimate of drug-likeness (QED) is 0.719. The van der Waals surface area contributed by atoms with Crippen LogP contribution in [0.2, 0.25) is 0 Å². The van der Waals surface area contributed by atoms with E-state index in [0.717, 1.165) is 5.75 Å². The number of halogens is 1. The third kappa shape index (κ3) is 1.93. The summed E-state index contributed by atoms with van der Waals surface area (Å²) in [5.41, 5.74) is 0.194. The molecule has 0 atom stereocenters. The molecule has 1 nitrogen and oxygen atoms in total. The van der Waals surface area contributed by atoms with Gasteiger partial charge in [-0.1, -0.05) is 20.8 Å². The van der Waals surface area contributed by atoms with Crippen molar-refractivity contribution >= 4 is 33.9 Å². The van der Waals surface area contributed by atoms with Crippen molar-refractivity contribution in [3.05, 3.63) is 13.8 Å². The molecule has 0 fully saturated rings. The number of hydrogen-bond donors (Lipinski definition) is 0. The van der Waals surface area contributed by atoms with Gasteiger partial charge >= 0.3 is 0 Å². The molecule has 0 aliphatic heterocycles. The normalized spacial score (nSPS) is 11.8. The molecule has 0 aromatic carbocycles. The number of ether oxygens (including phenoxy) is 1. The van der Waals surface area contributed by atoms with Gasteiger partial charge < -0.3 is 4.74 Å². The fraction of sp³-hybridized carbons (Fsp3) is 0.556. The topological polar surface area (TPSA) is 9.23 Å². The molecule has 0 saturated carbocycles. The van der Waals surface area contributed by atoms with Crippen molar-refractivity contribution in [1.82, 2.24) is 0 Å². The van der Waals surface area contributed by atoms with E-state index >= 15 is 0 Å². The lowest BCUT2D eigenvalue weighted by Crippen LogP contribution is -2.10. The Morgan fingerprint density at radius 2 is 2.00 bits per heavy atom. The number of methoxy groups -OCH3 is 1. The predicted octanol–water partition coefficient (Wildman–Crippen LogP) is 3.66. The van der Waals surface area contributed by atoms with Crippen LogP contribution in [0.5, 0.6) is 5.75 Å². The van der Waals surface area contributed by atoms with Gasteiger partial charge in [-0.15, -0.1) is 11.3 Å².